The first-order chi connectivity index (χ1) is 9.69. The van der Waals surface area contributed by atoms with Crippen LogP contribution in [0.15, 0.2) is 28.1 Å². The van der Waals surface area contributed by atoms with Crippen LogP contribution in [0.3, 0.4) is 0 Å². The summed E-state index contributed by atoms with van der Waals surface area (Å²) in [4.78, 5) is 5.39. The Labute approximate surface area is 121 Å². The lowest BCUT2D eigenvalue weighted by Gasteiger charge is -2.11. The van der Waals surface area contributed by atoms with E-state index in [1.807, 2.05) is 30.6 Å². The van der Waals surface area contributed by atoms with Gasteiger partial charge in [-0.05, 0) is 26.0 Å². The smallest absolute Gasteiger partial charge is 0.237 e. The van der Waals surface area contributed by atoms with Crippen LogP contribution in [0.4, 0.5) is 0 Å². The molecule has 5 nitrogen and oxygen atoms in total. The quantitative estimate of drug-likeness (QED) is 0.784. The maximum atomic E-state index is 5.63. The number of aryl methyl sites for hydroxylation is 1. The Morgan fingerprint density at radius 2 is 2.35 bits per heavy atom. The molecule has 0 aliphatic rings. The van der Waals surface area contributed by atoms with E-state index in [0.29, 0.717) is 12.4 Å². The molecule has 0 saturated heterocycles. The summed E-state index contributed by atoms with van der Waals surface area (Å²) in [6.07, 6.45) is 2.01. The number of ether oxygens (including phenoxy) is 1. The SMILES string of the molecule is COc1nc2sccn2c1CNC(C)c1ccc(C)o1. The number of nitrogens with zero attached hydrogens (tertiary/aromatic N) is 2. The first-order valence-corrected chi connectivity index (χ1v) is 7.35. The fraction of sp³-hybridized carbons (Fsp3) is 0.357. The number of nitrogens with one attached hydrogen (secondary N) is 1. The van der Waals surface area contributed by atoms with Crippen LogP contribution in [0.5, 0.6) is 5.88 Å². The predicted octanol–water partition coefficient (Wildman–Crippen LogP) is 3.16. The van der Waals surface area contributed by atoms with Gasteiger partial charge in [0.05, 0.1) is 13.2 Å². The van der Waals surface area contributed by atoms with E-state index >= 15 is 0 Å². The highest BCUT2D eigenvalue weighted by molar-refractivity contribution is 7.15. The predicted molar refractivity (Wildman–Crippen MR) is 78.3 cm³/mol. The molecule has 0 aromatic carbocycles. The van der Waals surface area contributed by atoms with Gasteiger partial charge in [-0.1, -0.05) is 0 Å². The number of hydrogen-bond acceptors (Lipinski definition) is 5. The molecule has 3 rings (SSSR count). The summed E-state index contributed by atoms with van der Waals surface area (Å²) < 4.78 is 13.0. The van der Waals surface area contributed by atoms with Crippen molar-refractivity contribution < 1.29 is 9.15 Å². The second-order valence-corrected chi connectivity index (χ2v) is 5.55. The standard InChI is InChI=1S/C14H17N3O2S/c1-9-4-5-12(19-9)10(2)15-8-11-13(18-3)16-14-17(11)6-7-20-14/h4-7,10,15H,8H2,1-3H3. The van der Waals surface area contributed by atoms with E-state index in [9.17, 15) is 0 Å². The van der Waals surface area contributed by atoms with Gasteiger partial charge < -0.3 is 14.5 Å². The number of aromatic nitrogens is 2. The Bertz CT molecular complexity index is 713. The van der Waals surface area contributed by atoms with Crippen molar-refractivity contribution in [3.8, 4) is 5.88 Å². The van der Waals surface area contributed by atoms with Gasteiger partial charge in [0.1, 0.15) is 17.2 Å². The summed E-state index contributed by atoms with van der Waals surface area (Å²) in [6.45, 7) is 4.70. The maximum absolute atomic E-state index is 5.63. The molecule has 20 heavy (non-hydrogen) atoms. The minimum Gasteiger partial charge on any atom is -0.480 e. The molecule has 0 aliphatic heterocycles. The molecule has 1 N–H and O–H groups in total. The molecule has 1 unspecified atom stereocenters. The lowest BCUT2D eigenvalue weighted by molar-refractivity contribution is 0.384. The van der Waals surface area contributed by atoms with Crippen molar-refractivity contribution in [1.29, 1.82) is 0 Å². The van der Waals surface area contributed by atoms with E-state index in [4.69, 9.17) is 9.15 Å². The second kappa shape index (κ2) is 5.30. The van der Waals surface area contributed by atoms with Crippen molar-refractivity contribution in [2.45, 2.75) is 26.4 Å². The van der Waals surface area contributed by atoms with Crippen LogP contribution in [0.2, 0.25) is 0 Å². The van der Waals surface area contributed by atoms with Crippen LogP contribution >= 0.6 is 11.3 Å². The third kappa shape index (κ3) is 2.32. The third-order valence-electron chi connectivity index (χ3n) is 3.28. The maximum Gasteiger partial charge on any atom is 0.237 e. The lowest BCUT2D eigenvalue weighted by atomic mass is 10.2. The molecule has 3 aromatic rings. The molecule has 6 heteroatoms. The number of imidazole rings is 1. The summed E-state index contributed by atoms with van der Waals surface area (Å²) in [5.74, 6) is 2.54. The van der Waals surface area contributed by atoms with Gasteiger partial charge in [0.2, 0.25) is 5.88 Å². The fourth-order valence-corrected chi connectivity index (χ4v) is 2.90. The molecular formula is C14H17N3O2S. The lowest BCUT2D eigenvalue weighted by Crippen LogP contribution is -2.18. The minimum absolute atomic E-state index is 0.137. The van der Waals surface area contributed by atoms with Crippen LogP contribution in [0.25, 0.3) is 4.96 Å². The van der Waals surface area contributed by atoms with Gasteiger partial charge in [-0.2, -0.15) is 4.98 Å². The zero-order valence-electron chi connectivity index (χ0n) is 11.7. The number of thiazole rings is 1. The highest BCUT2D eigenvalue weighted by Gasteiger charge is 2.15. The van der Waals surface area contributed by atoms with Gasteiger partial charge in [0.25, 0.3) is 0 Å². The van der Waals surface area contributed by atoms with Crippen LogP contribution in [-0.2, 0) is 6.54 Å². The molecule has 0 saturated carbocycles. The molecule has 0 radical (unpaired) electrons. The molecule has 3 aromatic heterocycles. The van der Waals surface area contributed by atoms with Gasteiger partial charge >= 0.3 is 0 Å². The van der Waals surface area contributed by atoms with Crippen molar-refractivity contribution in [3.05, 3.63) is 40.9 Å². The van der Waals surface area contributed by atoms with Crippen molar-refractivity contribution in [2.24, 2.45) is 0 Å². The van der Waals surface area contributed by atoms with E-state index in [2.05, 4.69) is 21.6 Å². The highest BCUT2D eigenvalue weighted by atomic mass is 32.1. The number of rotatable bonds is 5. The van der Waals surface area contributed by atoms with Crippen molar-refractivity contribution in [2.75, 3.05) is 7.11 Å². The first kappa shape index (κ1) is 13.2. The zero-order chi connectivity index (χ0) is 14.1. The molecule has 3 heterocycles. The molecular weight excluding hydrogens is 274 g/mol. The van der Waals surface area contributed by atoms with E-state index in [-0.39, 0.29) is 6.04 Å². The van der Waals surface area contributed by atoms with Gasteiger partial charge in [-0.3, -0.25) is 4.40 Å². The Hall–Kier alpha value is -1.79. The van der Waals surface area contributed by atoms with Crippen molar-refractivity contribution in [1.82, 2.24) is 14.7 Å². The Balaban J connectivity index is 1.77. The third-order valence-corrected chi connectivity index (χ3v) is 4.04. The van der Waals surface area contributed by atoms with E-state index in [0.717, 1.165) is 22.2 Å². The largest absolute Gasteiger partial charge is 0.480 e. The molecule has 1 atom stereocenters. The Kier molecular flexibility index (Phi) is 3.50. The topological polar surface area (TPSA) is 51.7 Å². The Morgan fingerprint density at radius 1 is 1.50 bits per heavy atom. The number of fused-ring (bicyclic) bond motifs is 1. The van der Waals surface area contributed by atoms with Gasteiger partial charge in [0.15, 0.2) is 4.96 Å². The number of furan rings is 1. The van der Waals surface area contributed by atoms with E-state index < -0.39 is 0 Å². The summed E-state index contributed by atoms with van der Waals surface area (Å²) in [5, 5.41) is 5.46. The molecule has 106 valence electrons. The second-order valence-electron chi connectivity index (χ2n) is 4.67. The first-order valence-electron chi connectivity index (χ1n) is 6.47. The average Bonchev–Trinajstić information content (AvgIpc) is 3.11. The van der Waals surface area contributed by atoms with Gasteiger partial charge in [-0.25, -0.2) is 0 Å². The molecule has 0 aliphatic carbocycles. The average molecular weight is 291 g/mol. The van der Waals surface area contributed by atoms with Crippen molar-refractivity contribution in [3.63, 3.8) is 0 Å². The van der Waals surface area contributed by atoms with Crippen LogP contribution in [-0.4, -0.2) is 16.5 Å². The van der Waals surface area contributed by atoms with E-state index in [1.54, 1.807) is 18.4 Å². The fourth-order valence-electron chi connectivity index (χ4n) is 2.17. The van der Waals surface area contributed by atoms with E-state index in [1.165, 1.54) is 0 Å². The molecule has 0 amide bonds. The monoisotopic (exact) mass is 291 g/mol. The zero-order valence-corrected chi connectivity index (χ0v) is 12.5. The summed E-state index contributed by atoms with van der Waals surface area (Å²) in [5.41, 5.74) is 1.03. The molecule has 0 fully saturated rings. The summed E-state index contributed by atoms with van der Waals surface area (Å²) in [6, 6.07) is 4.11. The number of hydrogen-bond donors (Lipinski definition) is 1. The van der Waals surface area contributed by atoms with Crippen LogP contribution in [0, 0.1) is 6.92 Å². The molecule has 0 spiro atoms. The van der Waals surface area contributed by atoms with Gasteiger partial charge in [-0.15, -0.1) is 11.3 Å². The number of methoxy groups -OCH3 is 1. The molecule has 0 bridgehead atoms. The Morgan fingerprint density at radius 3 is 3.05 bits per heavy atom. The van der Waals surface area contributed by atoms with Crippen molar-refractivity contribution >= 4 is 16.3 Å². The minimum atomic E-state index is 0.137. The van der Waals surface area contributed by atoms with Gasteiger partial charge in [0, 0.05) is 18.1 Å². The van der Waals surface area contributed by atoms with Crippen LogP contribution in [0.1, 0.15) is 30.2 Å². The normalized spacial score (nSPS) is 12.9. The highest BCUT2D eigenvalue weighted by Crippen LogP contribution is 2.24. The summed E-state index contributed by atoms with van der Waals surface area (Å²) >= 11 is 1.60. The summed E-state index contributed by atoms with van der Waals surface area (Å²) in [7, 11) is 1.65. The van der Waals surface area contributed by atoms with Crippen LogP contribution < -0.4 is 10.1 Å².